The quantitative estimate of drug-likeness (QED) is 0.144. The Hall–Kier alpha value is -9.32. The summed E-state index contributed by atoms with van der Waals surface area (Å²) in [4.78, 5) is 17.3. The molecule has 0 radical (unpaired) electrons. The minimum Gasteiger partial charge on any atom is -0.311 e. The molecule has 0 atom stereocenters. The number of pyridine rings is 2. The molecule has 5 nitrogen and oxygen atoms in total. The van der Waals surface area contributed by atoms with Gasteiger partial charge in [-0.15, -0.1) is 0 Å². The number of para-hydroxylation sites is 5. The van der Waals surface area contributed by atoms with E-state index >= 15 is 0 Å². The fraction of sp³-hybridized carbons (Fsp3) is 0.0154. The highest BCUT2D eigenvalue weighted by molar-refractivity contribution is 5.96. The van der Waals surface area contributed by atoms with Gasteiger partial charge in [-0.2, -0.15) is 0 Å². The van der Waals surface area contributed by atoms with Crippen molar-refractivity contribution in [3.63, 3.8) is 0 Å². The van der Waals surface area contributed by atoms with Gasteiger partial charge in [0.1, 0.15) is 0 Å². The molecule has 0 fully saturated rings. The van der Waals surface area contributed by atoms with E-state index in [0.717, 1.165) is 96.0 Å². The maximum atomic E-state index is 5.10. The van der Waals surface area contributed by atoms with E-state index in [9.17, 15) is 0 Å². The van der Waals surface area contributed by atoms with Gasteiger partial charge in [0.25, 0.3) is 0 Å². The molecule has 0 amide bonds. The van der Waals surface area contributed by atoms with E-state index in [2.05, 4.69) is 276 Å². The van der Waals surface area contributed by atoms with Gasteiger partial charge < -0.3 is 14.7 Å². The van der Waals surface area contributed by atoms with Crippen LogP contribution in [0.25, 0.3) is 33.6 Å². The summed E-state index contributed by atoms with van der Waals surface area (Å²) in [5, 5.41) is 0. The van der Waals surface area contributed by atoms with E-state index in [0.29, 0.717) is 0 Å². The van der Waals surface area contributed by atoms with Gasteiger partial charge in [-0.05, 0) is 166 Å². The average molecular weight is 896 g/mol. The van der Waals surface area contributed by atoms with Crippen LogP contribution in [0.15, 0.2) is 273 Å². The fourth-order valence-corrected chi connectivity index (χ4v) is 10.9. The van der Waals surface area contributed by atoms with Crippen molar-refractivity contribution in [3.05, 3.63) is 296 Å². The summed E-state index contributed by atoms with van der Waals surface area (Å²) in [6.45, 7) is 0. The van der Waals surface area contributed by atoms with Gasteiger partial charge in [-0.1, -0.05) is 140 Å². The molecule has 3 heterocycles. The van der Waals surface area contributed by atoms with Crippen molar-refractivity contribution in [2.75, 3.05) is 14.7 Å². The first-order valence-electron chi connectivity index (χ1n) is 23.8. The highest BCUT2D eigenvalue weighted by Crippen LogP contribution is 2.63. The summed E-state index contributed by atoms with van der Waals surface area (Å²) in [5.74, 6) is 0. The molecule has 1 aliphatic carbocycles. The maximum absolute atomic E-state index is 5.10. The van der Waals surface area contributed by atoms with Crippen LogP contribution in [-0.2, 0) is 5.41 Å². The van der Waals surface area contributed by atoms with Crippen LogP contribution in [0.2, 0.25) is 0 Å². The fourth-order valence-electron chi connectivity index (χ4n) is 10.9. The number of benzene rings is 9. The van der Waals surface area contributed by atoms with Gasteiger partial charge >= 0.3 is 0 Å². The molecule has 5 heteroatoms. The molecule has 9 aromatic carbocycles. The van der Waals surface area contributed by atoms with Gasteiger partial charge in [0, 0.05) is 52.2 Å². The van der Waals surface area contributed by atoms with Crippen LogP contribution >= 0.6 is 0 Å². The summed E-state index contributed by atoms with van der Waals surface area (Å²) >= 11 is 0. The average Bonchev–Trinajstić information content (AvgIpc) is 3.74. The predicted octanol–water partition coefficient (Wildman–Crippen LogP) is 16.9. The lowest BCUT2D eigenvalue weighted by Crippen LogP contribution is -2.36. The summed E-state index contributed by atoms with van der Waals surface area (Å²) in [5.41, 5.74) is 20.1. The van der Waals surface area contributed by atoms with Crippen molar-refractivity contribution >= 4 is 51.2 Å². The summed E-state index contributed by atoms with van der Waals surface area (Å²) in [7, 11) is 0. The predicted molar refractivity (Wildman–Crippen MR) is 288 cm³/mol. The number of rotatable bonds is 9. The SMILES string of the molecule is c1ccc(N(c2ccccc2)c2ccc(-c3ccc4c(c3)C3(c5cc(-c6ccc(N(c7ccccc7)c7ccccc7)cc6)ccc5N4c4ccccc4)c4cccnc4-c4ncccc43)cc2)cc1. The van der Waals surface area contributed by atoms with Gasteiger partial charge in [0.05, 0.1) is 28.2 Å². The van der Waals surface area contributed by atoms with Gasteiger partial charge in [0.2, 0.25) is 0 Å². The zero-order valence-electron chi connectivity index (χ0n) is 38.2. The Morgan fingerprint density at radius 2 is 0.614 bits per heavy atom. The van der Waals surface area contributed by atoms with E-state index < -0.39 is 5.41 Å². The van der Waals surface area contributed by atoms with Crippen LogP contribution in [0.1, 0.15) is 22.3 Å². The second kappa shape index (κ2) is 17.1. The number of aromatic nitrogens is 2. The number of hydrogen-bond acceptors (Lipinski definition) is 5. The highest BCUT2D eigenvalue weighted by atomic mass is 15.2. The largest absolute Gasteiger partial charge is 0.311 e. The molecule has 11 aromatic rings. The number of nitrogens with zero attached hydrogens (tertiary/aromatic N) is 5. The van der Waals surface area contributed by atoms with Crippen molar-refractivity contribution in [1.82, 2.24) is 9.97 Å². The molecular formula is C65H45N5. The van der Waals surface area contributed by atoms with Crippen molar-refractivity contribution in [3.8, 4) is 33.6 Å². The zero-order valence-corrected chi connectivity index (χ0v) is 38.2. The lowest BCUT2D eigenvalue weighted by molar-refractivity contribution is 0.750. The zero-order chi connectivity index (χ0) is 46.4. The molecule has 13 rings (SSSR count). The lowest BCUT2D eigenvalue weighted by atomic mass is 9.64. The molecule has 0 bridgehead atoms. The molecule has 2 aromatic heterocycles. The summed E-state index contributed by atoms with van der Waals surface area (Å²) in [6.07, 6.45) is 3.80. The third kappa shape index (κ3) is 6.70. The van der Waals surface area contributed by atoms with Crippen molar-refractivity contribution < 1.29 is 0 Å². The highest BCUT2D eigenvalue weighted by Gasteiger charge is 2.53. The summed E-state index contributed by atoms with van der Waals surface area (Å²) in [6, 6.07) is 93.7. The molecule has 0 N–H and O–H groups in total. The second-order valence-corrected chi connectivity index (χ2v) is 17.8. The first-order chi connectivity index (χ1) is 34.7. The van der Waals surface area contributed by atoms with Crippen LogP contribution in [0.5, 0.6) is 0 Å². The van der Waals surface area contributed by atoms with E-state index in [1.807, 2.05) is 12.4 Å². The van der Waals surface area contributed by atoms with Crippen LogP contribution in [0.4, 0.5) is 51.2 Å². The van der Waals surface area contributed by atoms with Crippen molar-refractivity contribution in [2.24, 2.45) is 0 Å². The van der Waals surface area contributed by atoms with E-state index in [1.54, 1.807) is 0 Å². The Balaban J connectivity index is 0.996. The minimum atomic E-state index is -0.746. The summed E-state index contributed by atoms with van der Waals surface area (Å²) < 4.78 is 0. The van der Waals surface area contributed by atoms with Crippen LogP contribution in [0.3, 0.4) is 0 Å². The number of fused-ring (bicyclic) bond motifs is 9. The molecular weight excluding hydrogens is 851 g/mol. The smallest absolute Gasteiger partial charge is 0.0937 e. The van der Waals surface area contributed by atoms with Gasteiger partial charge in [-0.25, -0.2) is 0 Å². The normalized spacial score (nSPS) is 12.7. The topological polar surface area (TPSA) is 35.5 Å². The van der Waals surface area contributed by atoms with Gasteiger partial charge in [0.15, 0.2) is 0 Å². The first kappa shape index (κ1) is 40.9. The van der Waals surface area contributed by atoms with E-state index in [-0.39, 0.29) is 0 Å². The molecule has 0 saturated heterocycles. The molecule has 0 saturated carbocycles. The standard InChI is InChI=1S/C65H45N5/c1-6-18-50(19-7-1)68(51-20-8-2-9-21-51)55-36-30-46(31-37-55)48-34-40-61-59(44-48)65(57-28-16-42-66-63(57)64-58(65)29-17-43-67-64)60-45-49(35-41-62(60)70(61)54-26-14-5-15-27-54)47-32-38-56(39-33-47)69(52-22-10-3-11-23-52)53-24-12-4-13-25-53/h1-45H. The lowest BCUT2D eigenvalue weighted by Gasteiger charge is -2.45. The van der Waals surface area contributed by atoms with Crippen molar-refractivity contribution in [1.29, 1.82) is 0 Å². The third-order valence-electron chi connectivity index (χ3n) is 13.9. The Labute approximate surface area is 408 Å². The number of anilines is 9. The molecule has 2 aliphatic rings. The van der Waals surface area contributed by atoms with E-state index in [1.165, 1.54) is 11.1 Å². The Morgan fingerprint density at radius 1 is 0.286 bits per heavy atom. The van der Waals surface area contributed by atoms with Gasteiger partial charge in [-0.3, -0.25) is 9.97 Å². The van der Waals surface area contributed by atoms with Crippen LogP contribution < -0.4 is 14.7 Å². The third-order valence-corrected chi connectivity index (χ3v) is 13.9. The Kier molecular flexibility index (Phi) is 9.98. The molecule has 0 unspecified atom stereocenters. The number of hydrogen-bond donors (Lipinski definition) is 0. The Morgan fingerprint density at radius 3 is 0.986 bits per heavy atom. The van der Waals surface area contributed by atoms with Crippen LogP contribution in [-0.4, -0.2) is 9.97 Å². The molecule has 1 aliphatic heterocycles. The Bertz CT molecular complexity index is 3340. The molecule has 330 valence electrons. The maximum Gasteiger partial charge on any atom is 0.0937 e. The van der Waals surface area contributed by atoms with Crippen molar-refractivity contribution in [2.45, 2.75) is 5.41 Å². The minimum absolute atomic E-state index is 0.746. The van der Waals surface area contributed by atoms with Crippen LogP contribution in [0, 0.1) is 0 Å². The monoisotopic (exact) mass is 895 g/mol. The molecule has 70 heavy (non-hydrogen) atoms. The van der Waals surface area contributed by atoms with E-state index in [4.69, 9.17) is 9.97 Å². The molecule has 1 spiro atoms. The second-order valence-electron chi connectivity index (χ2n) is 17.8. The first-order valence-corrected chi connectivity index (χ1v) is 23.8.